The van der Waals surface area contributed by atoms with E-state index >= 15 is 4.39 Å². The number of aromatic nitrogens is 2. The maximum Gasteiger partial charge on any atom is 0.407 e. The summed E-state index contributed by atoms with van der Waals surface area (Å²) in [6.07, 6.45) is 2.68. The lowest BCUT2D eigenvalue weighted by atomic mass is 9.98. The second kappa shape index (κ2) is 14.9. The van der Waals surface area contributed by atoms with Crippen LogP contribution in [0.2, 0.25) is 5.02 Å². The Morgan fingerprint density at radius 3 is 2.59 bits per heavy atom. The van der Waals surface area contributed by atoms with Crippen molar-refractivity contribution in [1.82, 2.24) is 15.3 Å². The second-order valence-corrected chi connectivity index (χ2v) is 11.9. The summed E-state index contributed by atoms with van der Waals surface area (Å²) < 4.78 is 50.2. The van der Waals surface area contributed by atoms with Crippen LogP contribution in [-0.2, 0) is 25.5 Å². The van der Waals surface area contributed by atoms with Gasteiger partial charge < -0.3 is 15.4 Å². The third-order valence-corrected chi connectivity index (χ3v) is 8.39. The number of hydrogen-bond acceptors (Lipinski definition) is 8. The van der Waals surface area contributed by atoms with Crippen molar-refractivity contribution in [2.45, 2.75) is 31.1 Å². The quantitative estimate of drug-likeness (QED) is 0.119. The van der Waals surface area contributed by atoms with Gasteiger partial charge in [0, 0.05) is 23.7 Å². The van der Waals surface area contributed by atoms with Crippen molar-refractivity contribution in [3.8, 4) is 11.3 Å². The molecule has 4 rings (SSSR count). The Labute approximate surface area is 261 Å². The molecule has 1 aromatic heterocycles. The third-order valence-electron chi connectivity index (χ3n) is 6.64. The standard InChI is InChI=1S/C32H32ClFN4O5S/c1-4-16-42-32(39)36-19-22(3)26-14-11-24(18-28(26)34)30-27(33)20-35-31(38-30)37-25-12-9-23(10-13-25)15-17-43-44(40,41)29-8-6-5-7-21(29)2/h4-14,18,20,22H,1,15-17,19H2,2-3H3,(H,36,39)(H,35,37,38). The zero-order valence-electron chi connectivity index (χ0n) is 24.2. The lowest BCUT2D eigenvalue weighted by Crippen LogP contribution is -2.28. The molecular formula is C32H32ClFN4O5S. The highest BCUT2D eigenvalue weighted by Gasteiger charge is 2.18. The highest BCUT2D eigenvalue weighted by molar-refractivity contribution is 7.86. The number of nitrogens with zero attached hydrogens (tertiary/aromatic N) is 2. The average Bonchev–Trinajstić information content (AvgIpc) is 3.00. The number of rotatable bonds is 13. The lowest BCUT2D eigenvalue weighted by Gasteiger charge is -2.15. The molecule has 0 fully saturated rings. The Bertz CT molecular complexity index is 1740. The van der Waals surface area contributed by atoms with Gasteiger partial charge in [0.1, 0.15) is 12.4 Å². The lowest BCUT2D eigenvalue weighted by molar-refractivity contribution is 0.158. The fourth-order valence-electron chi connectivity index (χ4n) is 4.29. The Hall–Kier alpha value is -4.32. The van der Waals surface area contributed by atoms with Crippen molar-refractivity contribution in [1.29, 1.82) is 0 Å². The average molecular weight is 639 g/mol. The highest BCUT2D eigenvalue weighted by Crippen LogP contribution is 2.30. The van der Waals surface area contributed by atoms with Crippen molar-refractivity contribution in [2.24, 2.45) is 0 Å². The summed E-state index contributed by atoms with van der Waals surface area (Å²) in [6.45, 7) is 7.27. The van der Waals surface area contributed by atoms with Gasteiger partial charge in [-0.15, -0.1) is 0 Å². The van der Waals surface area contributed by atoms with Crippen LogP contribution in [0.4, 0.5) is 20.8 Å². The van der Waals surface area contributed by atoms with Crippen LogP contribution in [-0.4, -0.2) is 44.2 Å². The van der Waals surface area contributed by atoms with Gasteiger partial charge in [0.05, 0.1) is 28.4 Å². The number of halogens is 2. The van der Waals surface area contributed by atoms with Gasteiger partial charge in [-0.25, -0.2) is 19.2 Å². The SMILES string of the molecule is C=CCOC(=O)NCC(C)c1ccc(-c2nc(Nc3ccc(CCOS(=O)(=O)c4ccccc4C)cc3)ncc2Cl)cc1F. The zero-order chi connectivity index (χ0) is 31.7. The maximum absolute atomic E-state index is 15.1. The molecule has 4 aromatic rings. The molecule has 1 amide bonds. The van der Waals surface area contributed by atoms with Crippen molar-refractivity contribution < 1.29 is 26.5 Å². The summed E-state index contributed by atoms with van der Waals surface area (Å²) in [5.74, 6) is -0.526. The summed E-state index contributed by atoms with van der Waals surface area (Å²) in [7, 11) is -3.84. The molecule has 0 saturated heterocycles. The topological polar surface area (TPSA) is 120 Å². The Kier molecular flexibility index (Phi) is 11.0. The molecule has 1 heterocycles. The molecule has 0 spiro atoms. The fourth-order valence-corrected chi connectivity index (χ4v) is 5.63. The predicted octanol–water partition coefficient (Wildman–Crippen LogP) is 6.95. The van der Waals surface area contributed by atoms with E-state index in [4.69, 9.17) is 20.5 Å². The molecule has 0 radical (unpaired) electrons. The van der Waals surface area contributed by atoms with Gasteiger partial charge in [-0.2, -0.15) is 8.42 Å². The first-order valence-corrected chi connectivity index (χ1v) is 15.5. The van der Waals surface area contributed by atoms with Crippen molar-refractivity contribution in [3.05, 3.63) is 113 Å². The normalized spacial score (nSPS) is 11.9. The molecule has 230 valence electrons. The van der Waals surface area contributed by atoms with Gasteiger partial charge in [-0.05, 0) is 54.3 Å². The van der Waals surface area contributed by atoms with Crippen molar-refractivity contribution in [3.63, 3.8) is 0 Å². The fraction of sp³-hybridized carbons (Fsp3) is 0.219. The molecule has 0 aliphatic rings. The summed E-state index contributed by atoms with van der Waals surface area (Å²) in [5, 5.41) is 5.95. The Morgan fingerprint density at radius 2 is 1.89 bits per heavy atom. The number of alkyl carbamates (subject to hydrolysis) is 1. The Morgan fingerprint density at radius 1 is 1.14 bits per heavy atom. The third kappa shape index (κ3) is 8.62. The Balaban J connectivity index is 1.37. The van der Waals surface area contributed by atoms with Crippen molar-refractivity contribution in [2.75, 3.05) is 25.1 Å². The van der Waals surface area contributed by atoms with Crippen LogP contribution in [0.25, 0.3) is 11.3 Å². The molecule has 0 bridgehead atoms. The number of anilines is 2. The van der Waals surface area contributed by atoms with E-state index in [1.54, 1.807) is 56.3 Å². The number of amides is 1. The summed E-state index contributed by atoms with van der Waals surface area (Å²) >= 11 is 6.37. The minimum atomic E-state index is -3.84. The number of benzene rings is 3. The van der Waals surface area contributed by atoms with E-state index in [0.29, 0.717) is 34.5 Å². The van der Waals surface area contributed by atoms with Gasteiger partial charge in [0.25, 0.3) is 10.1 Å². The number of ether oxygens (including phenoxy) is 1. The maximum atomic E-state index is 15.1. The van der Waals surface area contributed by atoms with E-state index in [1.807, 2.05) is 12.1 Å². The van der Waals surface area contributed by atoms with Crippen molar-refractivity contribution >= 4 is 39.4 Å². The van der Waals surface area contributed by atoms with Crippen LogP contribution >= 0.6 is 11.6 Å². The predicted molar refractivity (Wildman–Crippen MR) is 168 cm³/mol. The van der Waals surface area contributed by atoms with Gasteiger partial charge in [0.2, 0.25) is 5.95 Å². The molecule has 44 heavy (non-hydrogen) atoms. The largest absolute Gasteiger partial charge is 0.445 e. The molecule has 0 aliphatic heterocycles. The zero-order valence-corrected chi connectivity index (χ0v) is 25.8. The van der Waals surface area contributed by atoms with Crippen LogP contribution in [0, 0.1) is 12.7 Å². The molecule has 1 atom stereocenters. The minimum Gasteiger partial charge on any atom is -0.445 e. The first kappa shape index (κ1) is 32.6. The molecule has 9 nitrogen and oxygen atoms in total. The number of nitrogens with one attached hydrogen (secondary N) is 2. The van der Waals surface area contributed by atoms with Crippen LogP contribution in [0.15, 0.2) is 90.5 Å². The van der Waals surface area contributed by atoms with E-state index in [9.17, 15) is 13.2 Å². The summed E-state index contributed by atoms with van der Waals surface area (Å²) in [5.41, 5.74) is 3.41. The van der Waals surface area contributed by atoms with E-state index in [-0.39, 0.29) is 41.5 Å². The number of carbonyl (C=O) groups is 1. The van der Waals surface area contributed by atoms with E-state index in [2.05, 4.69) is 27.2 Å². The van der Waals surface area contributed by atoms with Gasteiger partial charge >= 0.3 is 6.09 Å². The first-order chi connectivity index (χ1) is 21.1. The molecule has 3 aromatic carbocycles. The molecule has 2 N–H and O–H groups in total. The van der Waals surface area contributed by atoms with Gasteiger partial charge in [-0.1, -0.05) is 73.6 Å². The molecular weight excluding hydrogens is 607 g/mol. The number of aryl methyl sites for hydroxylation is 1. The molecule has 0 saturated carbocycles. The van der Waals surface area contributed by atoms with E-state index < -0.39 is 22.0 Å². The van der Waals surface area contributed by atoms with E-state index in [0.717, 1.165) is 5.56 Å². The van der Waals surface area contributed by atoms with Gasteiger partial charge in [0.15, 0.2) is 0 Å². The molecule has 1 unspecified atom stereocenters. The summed E-state index contributed by atoms with van der Waals surface area (Å²) in [4.78, 5) is 20.6. The monoisotopic (exact) mass is 638 g/mol. The number of carbonyl (C=O) groups excluding carboxylic acids is 1. The van der Waals surface area contributed by atoms with Crippen LogP contribution in [0.3, 0.4) is 0 Å². The van der Waals surface area contributed by atoms with Gasteiger partial charge in [-0.3, -0.25) is 4.18 Å². The van der Waals surface area contributed by atoms with E-state index in [1.165, 1.54) is 24.4 Å². The highest BCUT2D eigenvalue weighted by atomic mass is 35.5. The summed E-state index contributed by atoms with van der Waals surface area (Å²) in [6, 6.07) is 18.6. The van der Waals surface area contributed by atoms with Crippen LogP contribution in [0.5, 0.6) is 0 Å². The number of hydrogen-bond donors (Lipinski definition) is 2. The second-order valence-electron chi connectivity index (χ2n) is 9.91. The molecule has 12 heteroatoms. The first-order valence-electron chi connectivity index (χ1n) is 13.7. The minimum absolute atomic E-state index is 0.0000106. The van der Waals surface area contributed by atoms with Crippen LogP contribution < -0.4 is 10.6 Å². The smallest absolute Gasteiger partial charge is 0.407 e. The molecule has 0 aliphatic carbocycles. The van der Waals surface area contributed by atoms with Crippen LogP contribution in [0.1, 0.15) is 29.5 Å².